The third-order valence-corrected chi connectivity index (χ3v) is 2.01. The summed E-state index contributed by atoms with van der Waals surface area (Å²) in [7, 11) is 1.68. The maximum Gasteiger partial charge on any atom is 0.234 e. The number of hydrogen-bond donors (Lipinski definition) is 2. The Morgan fingerprint density at radius 2 is 2.21 bits per heavy atom. The van der Waals surface area contributed by atoms with E-state index in [4.69, 9.17) is 4.74 Å². The monoisotopic (exact) mass is 202 g/mol. The predicted octanol–water partition coefficient (Wildman–Crippen LogP) is 0.527. The zero-order valence-corrected chi connectivity index (χ0v) is 9.43. The first-order chi connectivity index (χ1) is 6.70. The largest absolute Gasteiger partial charge is 0.385 e. The van der Waals surface area contributed by atoms with Gasteiger partial charge < -0.3 is 15.4 Å². The number of methoxy groups -OCH3 is 1. The van der Waals surface area contributed by atoms with Crippen molar-refractivity contribution in [3.63, 3.8) is 0 Å². The lowest BCUT2D eigenvalue weighted by molar-refractivity contribution is -0.120. The highest BCUT2D eigenvalue weighted by molar-refractivity contribution is 5.78. The number of hydrogen-bond acceptors (Lipinski definition) is 3. The van der Waals surface area contributed by atoms with Crippen LogP contribution in [-0.2, 0) is 9.53 Å². The quantitative estimate of drug-likeness (QED) is 0.564. The van der Waals surface area contributed by atoms with Crippen molar-refractivity contribution in [3.8, 4) is 0 Å². The Hall–Kier alpha value is -0.610. The highest BCUT2D eigenvalue weighted by atomic mass is 16.5. The summed E-state index contributed by atoms with van der Waals surface area (Å²) in [5, 5.41) is 5.95. The second-order valence-electron chi connectivity index (χ2n) is 3.40. The molecule has 14 heavy (non-hydrogen) atoms. The maximum absolute atomic E-state index is 11.2. The first-order valence-corrected chi connectivity index (χ1v) is 5.19. The molecule has 0 bridgehead atoms. The zero-order valence-electron chi connectivity index (χ0n) is 9.43. The molecule has 0 saturated carbocycles. The molecular formula is C10H22N2O2. The van der Waals surface area contributed by atoms with Crippen LogP contribution in [-0.4, -0.2) is 38.8 Å². The zero-order chi connectivity index (χ0) is 10.8. The van der Waals surface area contributed by atoms with Gasteiger partial charge in [0.2, 0.25) is 5.91 Å². The van der Waals surface area contributed by atoms with E-state index < -0.39 is 0 Å². The molecule has 0 fully saturated rings. The fraction of sp³-hybridized carbons (Fsp3) is 0.900. The van der Waals surface area contributed by atoms with Gasteiger partial charge in [0.15, 0.2) is 0 Å². The molecule has 0 aliphatic rings. The van der Waals surface area contributed by atoms with Gasteiger partial charge in [-0.2, -0.15) is 0 Å². The molecule has 84 valence electrons. The Morgan fingerprint density at radius 3 is 2.79 bits per heavy atom. The summed E-state index contributed by atoms with van der Waals surface area (Å²) in [4.78, 5) is 11.2. The van der Waals surface area contributed by atoms with Crippen LogP contribution in [0.5, 0.6) is 0 Å². The van der Waals surface area contributed by atoms with E-state index in [1.807, 2.05) is 6.92 Å². The molecule has 0 spiro atoms. The van der Waals surface area contributed by atoms with Crippen LogP contribution >= 0.6 is 0 Å². The molecule has 0 aromatic carbocycles. The van der Waals surface area contributed by atoms with E-state index in [2.05, 4.69) is 17.6 Å². The summed E-state index contributed by atoms with van der Waals surface area (Å²) < 4.78 is 4.89. The summed E-state index contributed by atoms with van der Waals surface area (Å²) in [6.45, 7) is 6.01. The van der Waals surface area contributed by atoms with Crippen molar-refractivity contribution in [2.24, 2.45) is 0 Å². The first kappa shape index (κ1) is 13.4. The minimum Gasteiger partial charge on any atom is -0.385 e. The van der Waals surface area contributed by atoms with Crippen molar-refractivity contribution in [3.05, 3.63) is 0 Å². The Labute approximate surface area is 86.4 Å². The standard InChI is InChI=1S/C10H22N2O2/c1-4-9(2)12-10(13)8-11-6-5-7-14-3/h9,11H,4-8H2,1-3H3,(H,12,13). The third-order valence-electron chi connectivity index (χ3n) is 2.01. The molecule has 0 aliphatic carbocycles. The van der Waals surface area contributed by atoms with Gasteiger partial charge in [0.1, 0.15) is 0 Å². The van der Waals surface area contributed by atoms with Crippen LogP contribution in [0.25, 0.3) is 0 Å². The van der Waals surface area contributed by atoms with Gasteiger partial charge in [-0.25, -0.2) is 0 Å². The highest BCUT2D eigenvalue weighted by Crippen LogP contribution is 1.86. The second kappa shape index (κ2) is 8.97. The molecule has 0 aromatic rings. The van der Waals surface area contributed by atoms with Crippen LogP contribution in [0.2, 0.25) is 0 Å². The van der Waals surface area contributed by atoms with Crippen LogP contribution in [0.15, 0.2) is 0 Å². The van der Waals surface area contributed by atoms with Gasteiger partial charge in [0.25, 0.3) is 0 Å². The summed E-state index contributed by atoms with van der Waals surface area (Å²) in [5.74, 6) is 0.0665. The van der Waals surface area contributed by atoms with Crippen LogP contribution in [0.1, 0.15) is 26.7 Å². The van der Waals surface area contributed by atoms with Crippen LogP contribution in [0.4, 0.5) is 0 Å². The molecule has 4 heteroatoms. The van der Waals surface area contributed by atoms with E-state index >= 15 is 0 Å². The average molecular weight is 202 g/mol. The molecule has 0 saturated heterocycles. The number of carbonyl (C=O) groups is 1. The molecule has 0 aliphatic heterocycles. The van der Waals surface area contributed by atoms with Crippen molar-refractivity contribution in [2.75, 3.05) is 26.8 Å². The van der Waals surface area contributed by atoms with Crippen molar-refractivity contribution < 1.29 is 9.53 Å². The molecule has 2 N–H and O–H groups in total. The first-order valence-electron chi connectivity index (χ1n) is 5.19. The molecule has 1 unspecified atom stereocenters. The molecule has 1 atom stereocenters. The molecule has 0 aromatic heterocycles. The van der Waals surface area contributed by atoms with Crippen molar-refractivity contribution in [1.29, 1.82) is 0 Å². The minimum atomic E-state index is 0.0665. The predicted molar refractivity (Wildman–Crippen MR) is 57.3 cm³/mol. The Bertz CT molecular complexity index is 151. The maximum atomic E-state index is 11.2. The fourth-order valence-electron chi connectivity index (χ4n) is 0.971. The normalized spacial score (nSPS) is 12.5. The number of nitrogens with one attached hydrogen (secondary N) is 2. The van der Waals surface area contributed by atoms with Gasteiger partial charge in [-0.05, 0) is 26.3 Å². The van der Waals surface area contributed by atoms with E-state index in [1.165, 1.54) is 0 Å². The van der Waals surface area contributed by atoms with Crippen LogP contribution in [0, 0.1) is 0 Å². The third kappa shape index (κ3) is 8.01. The van der Waals surface area contributed by atoms with Crippen LogP contribution in [0.3, 0.4) is 0 Å². The number of rotatable bonds is 8. The summed E-state index contributed by atoms with van der Waals surface area (Å²) in [5.41, 5.74) is 0. The van der Waals surface area contributed by atoms with E-state index in [0.29, 0.717) is 6.54 Å². The SMILES string of the molecule is CCC(C)NC(=O)CNCCCOC. The molecule has 4 nitrogen and oxygen atoms in total. The van der Waals surface area contributed by atoms with Crippen LogP contribution < -0.4 is 10.6 Å². The lowest BCUT2D eigenvalue weighted by Crippen LogP contribution is -2.39. The van der Waals surface area contributed by atoms with Gasteiger partial charge in [-0.15, -0.1) is 0 Å². The van der Waals surface area contributed by atoms with E-state index in [0.717, 1.165) is 26.0 Å². The van der Waals surface area contributed by atoms with Gasteiger partial charge in [0, 0.05) is 19.8 Å². The van der Waals surface area contributed by atoms with Gasteiger partial charge in [0.05, 0.1) is 6.54 Å². The Kier molecular flexibility index (Phi) is 8.57. The van der Waals surface area contributed by atoms with E-state index in [-0.39, 0.29) is 11.9 Å². The van der Waals surface area contributed by atoms with Crippen molar-refractivity contribution >= 4 is 5.91 Å². The molecule has 0 radical (unpaired) electrons. The van der Waals surface area contributed by atoms with Crippen molar-refractivity contribution in [2.45, 2.75) is 32.7 Å². The molecule has 0 rings (SSSR count). The number of amides is 1. The summed E-state index contributed by atoms with van der Waals surface area (Å²) in [6, 6.07) is 0.267. The molecular weight excluding hydrogens is 180 g/mol. The molecule has 0 heterocycles. The van der Waals surface area contributed by atoms with Gasteiger partial charge in [-0.1, -0.05) is 6.92 Å². The molecule has 1 amide bonds. The van der Waals surface area contributed by atoms with Gasteiger partial charge in [-0.3, -0.25) is 4.79 Å². The lowest BCUT2D eigenvalue weighted by Gasteiger charge is -2.11. The van der Waals surface area contributed by atoms with E-state index in [9.17, 15) is 4.79 Å². The minimum absolute atomic E-state index is 0.0665. The average Bonchev–Trinajstić information content (AvgIpc) is 2.17. The second-order valence-corrected chi connectivity index (χ2v) is 3.40. The number of ether oxygens (including phenoxy) is 1. The summed E-state index contributed by atoms with van der Waals surface area (Å²) >= 11 is 0. The smallest absolute Gasteiger partial charge is 0.234 e. The van der Waals surface area contributed by atoms with Gasteiger partial charge >= 0.3 is 0 Å². The van der Waals surface area contributed by atoms with Crippen molar-refractivity contribution in [1.82, 2.24) is 10.6 Å². The summed E-state index contributed by atoms with van der Waals surface area (Å²) in [6.07, 6.45) is 1.91. The topological polar surface area (TPSA) is 50.4 Å². The number of carbonyl (C=O) groups excluding carboxylic acids is 1. The van der Waals surface area contributed by atoms with E-state index in [1.54, 1.807) is 7.11 Å². The Morgan fingerprint density at radius 1 is 1.50 bits per heavy atom. The Balaban J connectivity index is 3.27. The fourth-order valence-corrected chi connectivity index (χ4v) is 0.971. The lowest BCUT2D eigenvalue weighted by atomic mass is 10.2. The highest BCUT2D eigenvalue weighted by Gasteiger charge is 2.03.